The van der Waals surface area contributed by atoms with Crippen molar-refractivity contribution in [3.63, 3.8) is 0 Å². The zero-order chi connectivity index (χ0) is 15.7. The van der Waals surface area contributed by atoms with Gasteiger partial charge in [-0.15, -0.1) is 0 Å². The molecular formula is C17H14Cl2N2S. The van der Waals surface area contributed by atoms with Gasteiger partial charge >= 0.3 is 0 Å². The van der Waals surface area contributed by atoms with Crippen molar-refractivity contribution in [1.29, 1.82) is 0 Å². The average molecular weight is 349 g/mol. The molecular weight excluding hydrogens is 335 g/mol. The summed E-state index contributed by atoms with van der Waals surface area (Å²) >= 11 is 13.8. The summed E-state index contributed by atoms with van der Waals surface area (Å²) in [6.45, 7) is 2.08. The zero-order valence-electron chi connectivity index (χ0n) is 12.2. The summed E-state index contributed by atoms with van der Waals surface area (Å²) in [6, 6.07) is 14.0. The summed E-state index contributed by atoms with van der Waals surface area (Å²) in [7, 11) is 0. The van der Waals surface area contributed by atoms with E-state index in [1.165, 1.54) is 5.56 Å². The molecule has 22 heavy (non-hydrogen) atoms. The summed E-state index contributed by atoms with van der Waals surface area (Å²) in [5.74, 6) is 0. The fraction of sp³-hybridized carbons (Fsp3) is 0.118. The molecule has 0 amide bonds. The van der Waals surface area contributed by atoms with Crippen molar-refractivity contribution in [2.75, 3.05) is 6.26 Å². The predicted molar refractivity (Wildman–Crippen MR) is 95.5 cm³/mol. The third-order valence-electron chi connectivity index (χ3n) is 3.42. The van der Waals surface area contributed by atoms with Gasteiger partial charge in [-0.1, -0.05) is 58.7 Å². The van der Waals surface area contributed by atoms with Gasteiger partial charge in [-0.2, -0.15) is 0 Å². The second kappa shape index (κ2) is 6.37. The molecule has 0 unspecified atom stereocenters. The van der Waals surface area contributed by atoms with Crippen LogP contribution in [0.5, 0.6) is 0 Å². The summed E-state index contributed by atoms with van der Waals surface area (Å²) in [4.78, 5) is 4.51. The standard InChI is InChI=1S/C17H14Cl2N2S/c1-11-3-6-13(7-4-11)21-16(10-20-17(21)22-2)12-5-8-14(18)15(19)9-12/h3-10H,1-2H3. The van der Waals surface area contributed by atoms with Crippen molar-refractivity contribution in [1.82, 2.24) is 9.55 Å². The minimum atomic E-state index is 0.543. The van der Waals surface area contributed by atoms with Gasteiger partial charge in [0.2, 0.25) is 0 Å². The number of hydrogen-bond donors (Lipinski definition) is 0. The zero-order valence-corrected chi connectivity index (χ0v) is 14.5. The molecule has 0 aliphatic rings. The third kappa shape index (κ3) is 2.89. The summed E-state index contributed by atoms with van der Waals surface area (Å²) in [6.07, 6.45) is 3.89. The monoisotopic (exact) mass is 348 g/mol. The number of nitrogens with zero attached hydrogens (tertiary/aromatic N) is 2. The van der Waals surface area contributed by atoms with Gasteiger partial charge in [0, 0.05) is 11.3 Å². The van der Waals surface area contributed by atoms with E-state index in [9.17, 15) is 0 Å². The van der Waals surface area contributed by atoms with Crippen LogP contribution in [-0.2, 0) is 0 Å². The molecule has 0 saturated heterocycles. The first-order valence-electron chi connectivity index (χ1n) is 6.74. The highest BCUT2D eigenvalue weighted by Gasteiger charge is 2.14. The van der Waals surface area contributed by atoms with Crippen molar-refractivity contribution in [3.8, 4) is 16.9 Å². The molecule has 0 aliphatic carbocycles. The van der Waals surface area contributed by atoms with Gasteiger partial charge in [0.1, 0.15) is 0 Å². The molecule has 1 aromatic heterocycles. The minimum absolute atomic E-state index is 0.543. The maximum Gasteiger partial charge on any atom is 0.172 e. The molecule has 0 atom stereocenters. The second-order valence-electron chi connectivity index (χ2n) is 4.93. The van der Waals surface area contributed by atoms with Gasteiger partial charge in [0.15, 0.2) is 5.16 Å². The van der Waals surface area contributed by atoms with Crippen LogP contribution in [0.4, 0.5) is 0 Å². The summed E-state index contributed by atoms with van der Waals surface area (Å²) in [5, 5.41) is 2.03. The maximum absolute atomic E-state index is 6.16. The first-order chi connectivity index (χ1) is 10.6. The van der Waals surface area contributed by atoms with Crippen LogP contribution in [0.25, 0.3) is 16.9 Å². The predicted octanol–water partition coefficient (Wildman–Crippen LogP) is 5.88. The summed E-state index contributed by atoms with van der Waals surface area (Å²) < 4.78 is 2.13. The van der Waals surface area contributed by atoms with Crippen LogP contribution in [-0.4, -0.2) is 15.8 Å². The number of aryl methyl sites for hydroxylation is 1. The van der Waals surface area contributed by atoms with Crippen LogP contribution in [0.3, 0.4) is 0 Å². The lowest BCUT2D eigenvalue weighted by Crippen LogP contribution is -1.98. The van der Waals surface area contributed by atoms with E-state index in [0.29, 0.717) is 10.0 Å². The SMILES string of the molecule is CSc1ncc(-c2ccc(Cl)c(Cl)c2)n1-c1ccc(C)cc1. The molecule has 0 fully saturated rings. The Labute approximate surface area is 144 Å². The van der Waals surface area contributed by atoms with E-state index in [4.69, 9.17) is 23.2 Å². The molecule has 2 aromatic carbocycles. The Kier molecular flexibility index (Phi) is 4.48. The molecule has 1 heterocycles. The van der Waals surface area contributed by atoms with Gasteiger partial charge in [0.25, 0.3) is 0 Å². The van der Waals surface area contributed by atoms with Crippen LogP contribution in [0.1, 0.15) is 5.56 Å². The third-order valence-corrected chi connectivity index (χ3v) is 4.81. The van der Waals surface area contributed by atoms with E-state index in [2.05, 4.69) is 40.7 Å². The first kappa shape index (κ1) is 15.5. The Morgan fingerprint density at radius 3 is 2.36 bits per heavy atom. The number of rotatable bonds is 3. The average Bonchev–Trinajstić information content (AvgIpc) is 2.95. The lowest BCUT2D eigenvalue weighted by atomic mass is 10.1. The van der Waals surface area contributed by atoms with Crippen LogP contribution >= 0.6 is 35.0 Å². The van der Waals surface area contributed by atoms with Crippen molar-refractivity contribution in [2.45, 2.75) is 12.1 Å². The van der Waals surface area contributed by atoms with Gasteiger partial charge in [-0.25, -0.2) is 4.98 Å². The highest BCUT2D eigenvalue weighted by Crippen LogP contribution is 2.32. The largest absolute Gasteiger partial charge is 0.287 e. The second-order valence-corrected chi connectivity index (χ2v) is 6.52. The Balaban J connectivity index is 2.18. The van der Waals surface area contributed by atoms with Gasteiger partial charge in [-0.3, -0.25) is 4.57 Å². The number of halogens is 2. The lowest BCUT2D eigenvalue weighted by molar-refractivity contribution is 0.902. The highest BCUT2D eigenvalue weighted by atomic mass is 35.5. The topological polar surface area (TPSA) is 17.8 Å². The van der Waals surface area contributed by atoms with Crippen molar-refractivity contribution >= 4 is 35.0 Å². The van der Waals surface area contributed by atoms with Crippen LogP contribution < -0.4 is 0 Å². The molecule has 0 saturated carbocycles. The molecule has 0 N–H and O–H groups in total. The number of benzene rings is 2. The van der Waals surface area contributed by atoms with Gasteiger partial charge < -0.3 is 0 Å². The lowest BCUT2D eigenvalue weighted by Gasteiger charge is -2.12. The van der Waals surface area contributed by atoms with E-state index >= 15 is 0 Å². The molecule has 5 heteroatoms. The van der Waals surface area contributed by atoms with E-state index < -0.39 is 0 Å². The molecule has 0 aliphatic heterocycles. The molecule has 112 valence electrons. The fourth-order valence-electron chi connectivity index (χ4n) is 2.28. The molecule has 0 spiro atoms. The van der Waals surface area contributed by atoms with E-state index in [1.807, 2.05) is 30.7 Å². The number of hydrogen-bond acceptors (Lipinski definition) is 2. The molecule has 0 bridgehead atoms. The van der Waals surface area contributed by atoms with Crippen molar-refractivity contribution in [2.24, 2.45) is 0 Å². The quantitative estimate of drug-likeness (QED) is 0.550. The smallest absolute Gasteiger partial charge is 0.172 e. The Bertz CT molecular complexity index is 810. The molecule has 2 nitrogen and oxygen atoms in total. The fourth-order valence-corrected chi connectivity index (χ4v) is 3.12. The van der Waals surface area contributed by atoms with Gasteiger partial charge in [0.05, 0.1) is 21.9 Å². The molecule has 0 radical (unpaired) electrons. The van der Waals surface area contributed by atoms with E-state index in [-0.39, 0.29) is 0 Å². The number of thioether (sulfide) groups is 1. The number of imidazole rings is 1. The van der Waals surface area contributed by atoms with Gasteiger partial charge in [-0.05, 0) is 37.4 Å². The normalized spacial score (nSPS) is 10.9. The van der Waals surface area contributed by atoms with Crippen LogP contribution in [0.15, 0.2) is 53.8 Å². The van der Waals surface area contributed by atoms with Crippen LogP contribution in [0.2, 0.25) is 10.0 Å². The Hall–Kier alpha value is -1.42. The maximum atomic E-state index is 6.16. The van der Waals surface area contributed by atoms with E-state index in [1.54, 1.807) is 11.8 Å². The molecule has 3 aromatic rings. The Morgan fingerprint density at radius 1 is 1.00 bits per heavy atom. The molecule has 3 rings (SSSR count). The highest BCUT2D eigenvalue weighted by molar-refractivity contribution is 7.98. The van der Waals surface area contributed by atoms with Crippen LogP contribution in [0, 0.1) is 6.92 Å². The van der Waals surface area contributed by atoms with Crippen molar-refractivity contribution in [3.05, 3.63) is 64.3 Å². The summed E-state index contributed by atoms with van der Waals surface area (Å²) in [5.41, 5.74) is 4.29. The minimum Gasteiger partial charge on any atom is -0.287 e. The van der Waals surface area contributed by atoms with Crippen molar-refractivity contribution < 1.29 is 0 Å². The van der Waals surface area contributed by atoms with E-state index in [0.717, 1.165) is 22.1 Å². The Morgan fingerprint density at radius 2 is 1.73 bits per heavy atom. The number of aromatic nitrogens is 2. The first-order valence-corrected chi connectivity index (χ1v) is 8.72.